The summed E-state index contributed by atoms with van der Waals surface area (Å²) in [5.74, 6) is -0.419. The summed E-state index contributed by atoms with van der Waals surface area (Å²) in [5.41, 5.74) is 2.92. The number of benzene rings is 2. The van der Waals surface area contributed by atoms with Gasteiger partial charge in [-0.15, -0.1) is 0 Å². The lowest BCUT2D eigenvalue weighted by molar-refractivity contribution is 0.589. The van der Waals surface area contributed by atoms with Crippen LogP contribution in [-0.2, 0) is 9.84 Å². The molecular weight excluding hydrogens is 401 g/mol. The van der Waals surface area contributed by atoms with Gasteiger partial charge in [-0.2, -0.15) is 0 Å². The van der Waals surface area contributed by atoms with Crippen LogP contribution in [-0.4, -0.2) is 40.9 Å². The molecule has 1 saturated heterocycles. The van der Waals surface area contributed by atoms with E-state index in [1.165, 1.54) is 18.4 Å². The van der Waals surface area contributed by atoms with E-state index in [0.29, 0.717) is 16.3 Å². The molecule has 1 atom stereocenters. The lowest BCUT2D eigenvalue weighted by Crippen LogP contribution is -2.43. The van der Waals surface area contributed by atoms with Crippen LogP contribution in [0.4, 0.5) is 15.8 Å². The van der Waals surface area contributed by atoms with Crippen molar-refractivity contribution in [3.8, 4) is 0 Å². The molecule has 1 heterocycles. The molecule has 1 unspecified atom stereocenters. The normalized spacial score (nSPS) is 16.1. The highest BCUT2D eigenvalue weighted by Crippen LogP contribution is 2.33. The van der Waals surface area contributed by atoms with Crippen molar-refractivity contribution in [3.63, 3.8) is 0 Å². The predicted octanol–water partition coefficient (Wildman–Crippen LogP) is 3.77. The van der Waals surface area contributed by atoms with Crippen molar-refractivity contribution < 1.29 is 12.8 Å². The maximum Gasteiger partial charge on any atom is 0.177 e. The summed E-state index contributed by atoms with van der Waals surface area (Å²) in [7, 11) is -3.43. The van der Waals surface area contributed by atoms with E-state index in [0.717, 1.165) is 37.4 Å². The van der Waals surface area contributed by atoms with Gasteiger partial charge >= 0.3 is 0 Å². The van der Waals surface area contributed by atoms with Gasteiger partial charge in [0.25, 0.3) is 0 Å². The predicted molar refractivity (Wildman–Crippen MR) is 113 cm³/mol. The van der Waals surface area contributed by atoms with Gasteiger partial charge in [-0.05, 0) is 55.3 Å². The zero-order valence-corrected chi connectivity index (χ0v) is 17.8. The molecule has 2 aromatic carbocycles. The van der Waals surface area contributed by atoms with E-state index in [1.54, 1.807) is 6.07 Å². The number of rotatable bonds is 5. The second kappa shape index (κ2) is 8.27. The Bertz CT molecular complexity index is 976. The first-order valence-corrected chi connectivity index (χ1v) is 11.5. The third-order valence-electron chi connectivity index (χ3n) is 5.03. The Hall–Kier alpha value is -1.83. The molecule has 1 aliphatic rings. The minimum atomic E-state index is -3.43. The fourth-order valence-electron chi connectivity index (χ4n) is 3.50. The minimum absolute atomic E-state index is 0.221. The molecule has 2 N–H and O–H groups in total. The van der Waals surface area contributed by atoms with Crippen molar-refractivity contribution in [3.05, 3.63) is 52.3 Å². The van der Waals surface area contributed by atoms with Crippen molar-refractivity contribution >= 4 is 32.8 Å². The van der Waals surface area contributed by atoms with Crippen LogP contribution in [0.15, 0.2) is 35.2 Å². The van der Waals surface area contributed by atoms with Crippen LogP contribution in [0, 0.1) is 12.7 Å². The Labute approximate surface area is 170 Å². The van der Waals surface area contributed by atoms with Crippen molar-refractivity contribution in [2.45, 2.75) is 24.8 Å². The molecule has 5 nitrogen and oxygen atoms in total. The number of hydrogen-bond donors (Lipinski definition) is 2. The van der Waals surface area contributed by atoms with Gasteiger partial charge in [0.2, 0.25) is 0 Å². The quantitative estimate of drug-likeness (QED) is 0.763. The molecule has 0 spiro atoms. The van der Waals surface area contributed by atoms with Crippen molar-refractivity contribution in [2.75, 3.05) is 42.7 Å². The third kappa shape index (κ3) is 4.59. The fraction of sp³-hybridized carbons (Fsp3) is 0.400. The van der Waals surface area contributed by atoms with Crippen LogP contribution in [0.3, 0.4) is 0 Å². The van der Waals surface area contributed by atoms with Gasteiger partial charge in [0, 0.05) is 49.2 Å². The first-order valence-electron chi connectivity index (χ1n) is 9.18. The van der Waals surface area contributed by atoms with Crippen molar-refractivity contribution in [2.24, 2.45) is 0 Å². The van der Waals surface area contributed by atoms with E-state index in [-0.39, 0.29) is 10.9 Å². The summed E-state index contributed by atoms with van der Waals surface area (Å²) in [5, 5.41) is 6.91. The average molecular weight is 426 g/mol. The Balaban J connectivity index is 1.99. The third-order valence-corrected chi connectivity index (χ3v) is 6.58. The van der Waals surface area contributed by atoms with Crippen LogP contribution < -0.4 is 15.5 Å². The van der Waals surface area contributed by atoms with E-state index in [4.69, 9.17) is 11.6 Å². The number of nitrogens with zero attached hydrogens (tertiary/aromatic N) is 1. The number of halogens is 2. The monoisotopic (exact) mass is 425 g/mol. The zero-order chi connectivity index (χ0) is 20.5. The molecule has 8 heteroatoms. The van der Waals surface area contributed by atoms with Crippen LogP contribution in [0.5, 0.6) is 0 Å². The standard InChI is InChI=1S/C20H25ClFN3O2S/c1-13-17(10-15(22)11-18(13)21)14(2)24-19-12-16(25-8-6-23-7-9-25)4-5-20(19)28(3,26)27/h4-5,10-12,14,23-24H,6-9H2,1-3H3. The summed E-state index contributed by atoms with van der Waals surface area (Å²) < 4.78 is 38.4. The summed E-state index contributed by atoms with van der Waals surface area (Å²) >= 11 is 6.12. The van der Waals surface area contributed by atoms with E-state index in [9.17, 15) is 12.8 Å². The molecule has 2 aromatic rings. The highest BCUT2D eigenvalue weighted by molar-refractivity contribution is 7.90. The molecule has 0 radical (unpaired) electrons. The summed E-state index contributed by atoms with van der Waals surface area (Å²) in [6.45, 7) is 7.16. The summed E-state index contributed by atoms with van der Waals surface area (Å²) in [6, 6.07) is 7.70. The molecule has 0 aliphatic carbocycles. The van der Waals surface area contributed by atoms with Gasteiger partial charge < -0.3 is 15.5 Å². The number of hydrogen-bond acceptors (Lipinski definition) is 5. The highest BCUT2D eigenvalue weighted by atomic mass is 35.5. The van der Waals surface area contributed by atoms with E-state index in [2.05, 4.69) is 15.5 Å². The second-order valence-electron chi connectivity index (χ2n) is 7.16. The molecule has 152 valence electrons. The molecule has 0 saturated carbocycles. The Morgan fingerprint density at radius 3 is 2.54 bits per heavy atom. The average Bonchev–Trinajstić information content (AvgIpc) is 2.64. The van der Waals surface area contributed by atoms with Crippen molar-refractivity contribution in [1.29, 1.82) is 0 Å². The number of sulfone groups is 1. The Morgan fingerprint density at radius 1 is 1.21 bits per heavy atom. The van der Waals surface area contributed by atoms with Crippen LogP contribution >= 0.6 is 11.6 Å². The second-order valence-corrected chi connectivity index (χ2v) is 9.55. The first kappa shape index (κ1) is 20.9. The topological polar surface area (TPSA) is 61.4 Å². The maximum atomic E-state index is 13.9. The SMILES string of the molecule is Cc1c(Cl)cc(F)cc1C(C)Nc1cc(N2CCNCC2)ccc1S(C)(=O)=O. The smallest absolute Gasteiger partial charge is 0.177 e. The van der Waals surface area contributed by atoms with Gasteiger partial charge in [-0.1, -0.05) is 11.6 Å². The largest absolute Gasteiger partial charge is 0.377 e. The van der Waals surface area contributed by atoms with Crippen LogP contribution in [0.2, 0.25) is 5.02 Å². The molecule has 1 fully saturated rings. The molecule has 0 amide bonds. The lowest BCUT2D eigenvalue weighted by Gasteiger charge is -2.30. The van der Waals surface area contributed by atoms with Gasteiger partial charge in [0.05, 0.1) is 10.6 Å². The summed E-state index contributed by atoms with van der Waals surface area (Å²) in [6.07, 6.45) is 1.19. The molecule has 0 aromatic heterocycles. The van der Waals surface area contributed by atoms with Gasteiger partial charge in [0.1, 0.15) is 5.82 Å². The van der Waals surface area contributed by atoms with Crippen molar-refractivity contribution in [1.82, 2.24) is 5.32 Å². The molecule has 28 heavy (non-hydrogen) atoms. The van der Waals surface area contributed by atoms with Gasteiger partial charge in [-0.3, -0.25) is 0 Å². The summed E-state index contributed by atoms with van der Waals surface area (Å²) in [4.78, 5) is 2.43. The van der Waals surface area contributed by atoms with Crippen LogP contribution in [0.1, 0.15) is 24.1 Å². The first-order chi connectivity index (χ1) is 13.2. The molecule has 0 bridgehead atoms. The van der Waals surface area contributed by atoms with E-state index in [1.807, 2.05) is 26.0 Å². The maximum absolute atomic E-state index is 13.9. The van der Waals surface area contributed by atoms with Crippen LogP contribution in [0.25, 0.3) is 0 Å². The Morgan fingerprint density at radius 2 is 1.89 bits per heavy atom. The molecule has 1 aliphatic heterocycles. The highest BCUT2D eigenvalue weighted by Gasteiger charge is 2.20. The minimum Gasteiger partial charge on any atom is -0.377 e. The number of piperazine rings is 1. The Kier molecular flexibility index (Phi) is 6.17. The number of anilines is 2. The zero-order valence-electron chi connectivity index (χ0n) is 16.2. The lowest BCUT2D eigenvalue weighted by atomic mass is 10.0. The number of nitrogens with one attached hydrogen (secondary N) is 2. The molecular formula is C20H25ClFN3O2S. The van der Waals surface area contributed by atoms with Gasteiger partial charge in [0.15, 0.2) is 9.84 Å². The van der Waals surface area contributed by atoms with E-state index >= 15 is 0 Å². The van der Waals surface area contributed by atoms with Gasteiger partial charge in [-0.25, -0.2) is 12.8 Å². The van der Waals surface area contributed by atoms with E-state index < -0.39 is 15.7 Å². The molecule has 3 rings (SSSR count). The fourth-order valence-corrected chi connectivity index (χ4v) is 4.55.